The minimum atomic E-state index is -0.573. The number of aryl methyl sites for hydroxylation is 1. The third-order valence-electron chi connectivity index (χ3n) is 5.63. The zero-order valence-electron chi connectivity index (χ0n) is 19.5. The Bertz CT molecular complexity index is 1370. The fourth-order valence-electron chi connectivity index (χ4n) is 3.63. The van der Waals surface area contributed by atoms with Crippen molar-refractivity contribution in [1.82, 2.24) is 5.32 Å². The van der Waals surface area contributed by atoms with E-state index in [-0.39, 0.29) is 17.3 Å². The molecule has 0 bridgehead atoms. The maximum absolute atomic E-state index is 13.4. The second kappa shape index (κ2) is 11.2. The Kier molecular flexibility index (Phi) is 8.08. The van der Waals surface area contributed by atoms with Crippen LogP contribution in [0.3, 0.4) is 0 Å². The quantitative estimate of drug-likeness (QED) is 0.207. The van der Waals surface area contributed by atoms with Gasteiger partial charge in [-0.05, 0) is 66.2 Å². The third kappa shape index (κ3) is 5.46. The zero-order chi connectivity index (χ0) is 25.8. The molecule has 1 N–H and O–H groups in total. The van der Waals surface area contributed by atoms with E-state index in [2.05, 4.69) is 21.2 Å². The number of hydrogen-bond donors (Lipinski definition) is 1. The van der Waals surface area contributed by atoms with Crippen LogP contribution in [0.1, 0.15) is 23.6 Å². The van der Waals surface area contributed by atoms with Crippen molar-refractivity contribution < 1.29 is 19.1 Å². The molecule has 0 aromatic heterocycles. The number of benzene rings is 3. The van der Waals surface area contributed by atoms with E-state index in [0.717, 1.165) is 17.5 Å². The molecule has 1 aliphatic rings. The summed E-state index contributed by atoms with van der Waals surface area (Å²) < 4.78 is 12.1. The average Bonchev–Trinajstić information content (AvgIpc) is 2.87. The number of carbonyl (C=O) groups excluding carboxylic acids is 2. The smallest absolute Gasteiger partial charge is 0.270 e. The number of methoxy groups -OCH3 is 1. The Labute approximate surface area is 228 Å². The number of amides is 2. The molecule has 1 saturated heterocycles. The van der Waals surface area contributed by atoms with Crippen LogP contribution in [-0.2, 0) is 22.6 Å². The van der Waals surface area contributed by atoms with Crippen LogP contribution in [0.2, 0.25) is 5.02 Å². The second-order valence-electron chi connectivity index (χ2n) is 7.88. The highest BCUT2D eigenvalue weighted by molar-refractivity contribution is 9.10. The molecule has 2 amide bonds. The summed E-state index contributed by atoms with van der Waals surface area (Å²) in [6.45, 7) is 2.29. The molecule has 0 atom stereocenters. The molecular formula is C27H22BrClN2O4S. The van der Waals surface area contributed by atoms with Crippen LogP contribution in [0.15, 0.2) is 70.7 Å². The van der Waals surface area contributed by atoms with Gasteiger partial charge in [0, 0.05) is 15.1 Å². The van der Waals surface area contributed by atoms with E-state index in [0.29, 0.717) is 32.2 Å². The fraction of sp³-hybridized carbons (Fsp3) is 0.148. The van der Waals surface area contributed by atoms with E-state index < -0.39 is 11.8 Å². The van der Waals surface area contributed by atoms with Crippen LogP contribution in [0.5, 0.6) is 11.5 Å². The third-order valence-corrected chi connectivity index (χ3v) is 6.97. The van der Waals surface area contributed by atoms with Crippen molar-refractivity contribution in [2.24, 2.45) is 0 Å². The zero-order valence-corrected chi connectivity index (χ0v) is 22.7. The number of carbonyl (C=O) groups is 2. The molecule has 4 rings (SSSR count). The predicted molar refractivity (Wildman–Crippen MR) is 149 cm³/mol. The summed E-state index contributed by atoms with van der Waals surface area (Å²) in [5, 5.41) is 3.24. The standard InChI is InChI=1S/C27H22BrClN2O4S/c1-3-16-8-10-19(11-9-16)31-26(33)20(25(32)30-27(31)36)12-18-13-23(34-2)24(14-21(18)28)35-15-17-6-4-5-7-22(17)29/h4-14H,3,15H2,1-2H3,(H,30,32,36)/b20-12+. The molecule has 1 aliphatic heterocycles. The molecule has 0 saturated carbocycles. The van der Waals surface area contributed by atoms with Gasteiger partial charge in [0.05, 0.1) is 12.8 Å². The van der Waals surface area contributed by atoms with E-state index in [9.17, 15) is 9.59 Å². The van der Waals surface area contributed by atoms with E-state index in [4.69, 9.17) is 33.3 Å². The Morgan fingerprint density at radius 3 is 2.47 bits per heavy atom. The van der Waals surface area contributed by atoms with Gasteiger partial charge >= 0.3 is 0 Å². The van der Waals surface area contributed by atoms with Gasteiger partial charge in [0.1, 0.15) is 12.2 Å². The molecule has 1 heterocycles. The normalized spacial score (nSPS) is 14.7. The molecule has 36 heavy (non-hydrogen) atoms. The van der Waals surface area contributed by atoms with Crippen LogP contribution >= 0.6 is 39.7 Å². The Balaban J connectivity index is 1.64. The van der Waals surface area contributed by atoms with Gasteiger partial charge in [0.25, 0.3) is 11.8 Å². The maximum atomic E-state index is 13.4. The molecule has 1 fully saturated rings. The van der Waals surface area contributed by atoms with Crippen LogP contribution in [0, 0.1) is 0 Å². The molecule has 3 aromatic rings. The monoisotopic (exact) mass is 584 g/mol. The van der Waals surface area contributed by atoms with Crippen molar-refractivity contribution in [2.75, 3.05) is 12.0 Å². The van der Waals surface area contributed by atoms with Gasteiger partial charge in [-0.25, -0.2) is 0 Å². The second-order valence-corrected chi connectivity index (χ2v) is 9.53. The first-order valence-corrected chi connectivity index (χ1v) is 12.6. The van der Waals surface area contributed by atoms with Crippen molar-refractivity contribution in [2.45, 2.75) is 20.0 Å². The van der Waals surface area contributed by atoms with Gasteiger partial charge in [0.2, 0.25) is 0 Å². The number of nitrogens with zero attached hydrogens (tertiary/aromatic N) is 1. The summed E-state index contributed by atoms with van der Waals surface area (Å²) in [7, 11) is 1.51. The van der Waals surface area contributed by atoms with Crippen molar-refractivity contribution in [3.05, 3.63) is 92.4 Å². The number of hydrogen-bond acceptors (Lipinski definition) is 5. The molecule has 6 nitrogen and oxygen atoms in total. The molecule has 184 valence electrons. The van der Waals surface area contributed by atoms with E-state index in [1.54, 1.807) is 18.2 Å². The summed E-state index contributed by atoms with van der Waals surface area (Å²) in [6, 6.07) is 18.3. The SMILES string of the molecule is CCc1ccc(N2C(=O)/C(=C/c3cc(OC)c(OCc4ccccc4Cl)cc3Br)C(=O)NC2=S)cc1. The highest BCUT2D eigenvalue weighted by atomic mass is 79.9. The molecule has 9 heteroatoms. The van der Waals surface area contributed by atoms with Crippen LogP contribution in [0.25, 0.3) is 6.08 Å². The summed E-state index contributed by atoms with van der Waals surface area (Å²) in [6.07, 6.45) is 2.37. The van der Waals surface area contributed by atoms with Crippen molar-refractivity contribution >= 4 is 68.4 Å². The summed E-state index contributed by atoms with van der Waals surface area (Å²) in [5.41, 5.74) is 3.03. The number of nitrogens with one attached hydrogen (secondary N) is 1. The highest BCUT2D eigenvalue weighted by Crippen LogP contribution is 2.36. The summed E-state index contributed by atoms with van der Waals surface area (Å²) >= 11 is 15.0. The Hall–Kier alpha value is -3.20. The highest BCUT2D eigenvalue weighted by Gasteiger charge is 2.34. The first kappa shape index (κ1) is 25.9. The number of rotatable bonds is 7. The Morgan fingerprint density at radius 2 is 1.81 bits per heavy atom. The van der Waals surface area contributed by atoms with Gasteiger partial charge in [-0.15, -0.1) is 0 Å². The number of ether oxygens (including phenoxy) is 2. The van der Waals surface area contributed by atoms with Crippen molar-refractivity contribution in [3.63, 3.8) is 0 Å². The molecule has 0 spiro atoms. The van der Waals surface area contributed by atoms with Crippen molar-refractivity contribution in [3.8, 4) is 11.5 Å². The van der Waals surface area contributed by atoms with Crippen LogP contribution < -0.4 is 19.7 Å². The van der Waals surface area contributed by atoms with Gasteiger partial charge in [-0.2, -0.15) is 0 Å². The average molecular weight is 586 g/mol. The van der Waals surface area contributed by atoms with Crippen molar-refractivity contribution in [1.29, 1.82) is 0 Å². The number of anilines is 1. The minimum Gasteiger partial charge on any atom is -0.493 e. The molecule has 0 unspecified atom stereocenters. The van der Waals surface area contributed by atoms with Crippen LogP contribution in [0.4, 0.5) is 5.69 Å². The molecule has 3 aromatic carbocycles. The fourth-order valence-corrected chi connectivity index (χ4v) is 4.54. The lowest BCUT2D eigenvalue weighted by Crippen LogP contribution is -2.54. The number of thiocarbonyl (C=S) groups is 1. The van der Waals surface area contributed by atoms with Crippen LogP contribution in [-0.4, -0.2) is 24.0 Å². The summed E-state index contributed by atoms with van der Waals surface area (Å²) in [5.74, 6) is -0.178. The Morgan fingerprint density at radius 1 is 1.08 bits per heavy atom. The van der Waals surface area contributed by atoms with E-state index in [1.807, 2.05) is 49.4 Å². The maximum Gasteiger partial charge on any atom is 0.270 e. The molecular weight excluding hydrogens is 564 g/mol. The minimum absolute atomic E-state index is 0.0337. The predicted octanol–water partition coefficient (Wildman–Crippen LogP) is 6.08. The van der Waals surface area contributed by atoms with E-state index >= 15 is 0 Å². The lowest BCUT2D eigenvalue weighted by Gasteiger charge is -2.29. The van der Waals surface area contributed by atoms with E-state index in [1.165, 1.54) is 18.1 Å². The van der Waals surface area contributed by atoms with Gasteiger partial charge in [0.15, 0.2) is 16.6 Å². The first-order chi connectivity index (χ1) is 17.3. The van der Waals surface area contributed by atoms with Gasteiger partial charge in [-0.1, -0.05) is 64.8 Å². The molecule has 0 radical (unpaired) electrons. The lowest BCUT2D eigenvalue weighted by molar-refractivity contribution is -0.122. The van der Waals surface area contributed by atoms with Gasteiger partial charge in [-0.3, -0.25) is 19.8 Å². The largest absolute Gasteiger partial charge is 0.493 e. The first-order valence-electron chi connectivity index (χ1n) is 11.1. The number of halogens is 2. The topological polar surface area (TPSA) is 67.9 Å². The lowest BCUT2D eigenvalue weighted by atomic mass is 10.1. The van der Waals surface area contributed by atoms with Gasteiger partial charge < -0.3 is 9.47 Å². The molecule has 0 aliphatic carbocycles. The summed E-state index contributed by atoms with van der Waals surface area (Å²) in [4.78, 5) is 27.4.